The van der Waals surface area contributed by atoms with E-state index in [0.717, 1.165) is 25.3 Å². The molecule has 5 heteroatoms. The van der Waals surface area contributed by atoms with Gasteiger partial charge in [0.05, 0.1) is 11.6 Å². The number of ether oxygens (including phenoxy) is 1. The summed E-state index contributed by atoms with van der Waals surface area (Å²) in [6, 6.07) is 3.62. The first-order chi connectivity index (χ1) is 7.80. The quantitative estimate of drug-likeness (QED) is 0.686. The summed E-state index contributed by atoms with van der Waals surface area (Å²) in [5.74, 6) is 0.938. The van der Waals surface area contributed by atoms with E-state index >= 15 is 0 Å². The van der Waals surface area contributed by atoms with E-state index in [4.69, 9.17) is 16.3 Å². The summed E-state index contributed by atoms with van der Waals surface area (Å²) in [4.78, 5) is 2.29. The van der Waals surface area contributed by atoms with Crippen LogP contribution in [0, 0.1) is 0 Å². The lowest BCUT2D eigenvalue weighted by Gasteiger charge is -2.17. The summed E-state index contributed by atoms with van der Waals surface area (Å²) >= 11 is 5.61. The lowest BCUT2D eigenvalue weighted by Crippen LogP contribution is -2.28. The predicted molar refractivity (Wildman–Crippen MR) is 64.9 cm³/mol. The van der Waals surface area contributed by atoms with Crippen molar-refractivity contribution in [3.05, 3.63) is 17.8 Å². The highest BCUT2D eigenvalue weighted by atomic mass is 35.5. The zero-order valence-corrected chi connectivity index (χ0v) is 10.6. The molecule has 90 valence electrons. The standard InChI is InChI=1S/C11H18ClN3O/c1-3-15(4-2)7-8-16-11-6-5-10(9-12)13-14-11/h5-6H,3-4,7-9H2,1-2H3. The van der Waals surface area contributed by atoms with Gasteiger partial charge in [-0.15, -0.1) is 16.7 Å². The number of rotatable bonds is 7. The highest BCUT2D eigenvalue weighted by molar-refractivity contribution is 6.16. The Morgan fingerprint density at radius 3 is 2.50 bits per heavy atom. The largest absolute Gasteiger partial charge is 0.475 e. The molecule has 0 spiro atoms. The number of alkyl halides is 1. The molecule has 0 bridgehead atoms. The van der Waals surface area contributed by atoms with Crippen molar-refractivity contribution < 1.29 is 4.74 Å². The summed E-state index contributed by atoms with van der Waals surface area (Å²) < 4.78 is 5.48. The van der Waals surface area contributed by atoms with Crippen LogP contribution in [0.4, 0.5) is 0 Å². The van der Waals surface area contributed by atoms with Crippen molar-refractivity contribution in [2.45, 2.75) is 19.7 Å². The Morgan fingerprint density at radius 1 is 1.25 bits per heavy atom. The summed E-state index contributed by atoms with van der Waals surface area (Å²) in [5.41, 5.74) is 0.762. The van der Waals surface area contributed by atoms with E-state index in [9.17, 15) is 0 Å². The Bertz CT molecular complexity index is 288. The van der Waals surface area contributed by atoms with Gasteiger partial charge in [-0.1, -0.05) is 13.8 Å². The Kier molecular flexibility index (Phi) is 6.11. The molecule has 16 heavy (non-hydrogen) atoms. The SMILES string of the molecule is CCN(CC)CCOc1ccc(CCl)nn1. The van der Waals surface area contributed by atoms with Crippen LogP contribution in [-0.4, -0.2) is 41.3 Å². The van der Waals surface area contributed by atoms with Gasteiger partial charge in [-0.3, -0.25) is 0 Å². The Hall–Kier alpha value is -0.870. The van der Waals surface area contributed by atoms with Crippen LogP contribution < -0.4 is 4.74 Å². The third kappa shape index (κ3) is 4.33. The molecular formula is C11H18ClN3O. The van der Waals surface area contributed by atoms with Crippen molar-refractivity contribution >= 4 is 11.6 Å². The van der Waals surface area contributed by atoms with E-state index in [0.29, 0.717) is 18.4 Å². The van der Waals surface area contributed by atoms with Crippen LogP contribution in [0.3, 0.4) is 0 Å². The van der Waals surface area contributed by atoms with Gasteiger partial charge < -0.3 is 9.64 Å². The number of hydrogen-bond acceptors (Lipinski definition) is 4. The van der Waals surface area contributed by atoms with E-state index in [1.807, 2.05) is 6.07 Å². The second-order valence-electron chi connectivity index (χ2n) is 3.37. The van der Waals surface area contributed by atoms with E-state index < -0.39 is 0 Å². The van der Waals surface area contributed by atoms with Gasteiger partial charge in [0.15, 0.2) is 0 Å². The topological polar surface area (TPSA) is 38.2 Å². The molecular weight excluding hydrogens is 226 g/mol. The molecule has 0 aromatic carbocycles. The maximum absolute atomic E-state index is 5.61. The zero-order valence-electron chi connectivity index (χ0n) is 9.82. The Labute approximate surface area is 102 Å². The molecule has 0 saturated carbocycles. The lowest BCUT2D eigenvalue weighted by molar-refractivity contribution is 0.216. The summed E-state index contributed by atoms with van der Waals surface area (Å²) in [6.07, 6.45) is 0. The second-order valence-corrected chi connectivity index (χ2v) is 3.64. The van der Waals surface area contributed by atoms with Crippen molar-refractivity contribution in [3.8, 4) is 5.88 Å². The number of hydrogen-bond donors (Lipinski definition) is 0. The third-order valence-corrected chi connectivity index (χ3v) is 2.66. The van der Waals surface area contributed by atoms with Gasteiger partial charge in [0.25, 0.3) is 0 Å². The fourth-order valence-electron chi connectivity index (χ4n) is 1.32. The van der Waals surface area contributed by atoms with Gasteiger partial charge in [0, 0.05) is 12.6 Å². The first-order valence-corrected chi connectivity index (χ1v) is 6.07. The maximum atomic E-state index is 5.61. The highest BCUT2D eigenvalue weighted by Crippen LogP contribution is 2.06. The van der Waals surface area contributed by atoms with Crippen LogP contribution in [0.2, 0.25) is 0 Å². The normalized spacial score (nSPS) is 10.8. The summed E-state index contributed by atoms with van der Waals surface area (Å²) in [5, 5.41) is 7.84. The zero-order chi connectivity index (χ0) is 11.8. The molecule has 1 heterocycles. The van der Waals surface area contributed by atoms with Crippen molar-refractivity contribution in [1.82, 2.24) is 15.1 Å². The molecule has 0 fully saturated rings. The van der Waals surface area contributed by atoms with Crippen LogP contribution in [0.5, 0.6) is 5.88 Å². The fraction of sp³-hybridized carbons (Fsp3) is 0.636. The number of likely N-dealkylation sites (N-methyl/N-ethyl adjacent to an activating group) is 1. The summed E-state index contributed by atoms with van der Waals surface area (Å²) in [7, 11) is 0. The molecule has 0 saturated heterocycles. The Morgan fingerprint density at radius 2 is 2.00 bits per heavy atom. The molecule has 0 radical (unpaired) electrons. The minimum atomic E-state index is 0.382. The number of aromatic nitrogens is 2. The molecule has 1 rings (SSSR count). The van der Waals surface area contributed by atoms with Crippen molar-refractivity contribution in [1.29, 1.82) is 0 Å². The molecule has 0 atom stereocenters. The van der Waals surface area contributed by atoms with E-state index in [1.54, 1.807) is 6.07 Å². The van der Waals surface area contributed by atoms with Crippen LogP contribution in [0.25, 0.3) is 0 Å². The van der Waals surface area contributed by atoms with E-state index in [1.165, 1.54) is 0 Å². The minimum absolute atomic E-state index is 0.382. The number of nitrogens with zero attached hydrogens (tertiary/aromatic N) is 3. The summed E-state index contributed by atoms with van der Waals surface area (Å²) in [6.45, 7) is 7.90. The van der Waals surface area contributed by atoms with Crippen molar-refractivity contribution in [3.63, 3.8) is 0 Å². The van der Waals surface area contributed by atoms with Gasteiger partial charge in [0.1, 0.15) is 6.61 Å². The fourth-order valence-corrected chi connectivity index (χ4v) is 1.46. The molecule has 0 aliphatic rings. The van der Waals surface area contributed by atoms with Gasteiger partial charge in [-0.05, 0) is 19.2 Å². The maximum Gasteiger partial charge on any atom is 0.233 e. The molecule has 1 aromatic heterocycles. The van der Waals surface area contributed by atoms with Gasteiger partial charge >= 0.3 is 0 Å². The van der Waals surface area contributed by atoms with Crippen LogP contribution >= 0.6 is 11.6 Å². The molecule has 0 amide bonds. The van der Waals surface area contributed by atoms with Gasteiger partial charge in [0.2, 0.25) is 5.88 Å². The second kappa shape index (κ2) is 7.41. The Balaban J connectivity index is 2.31. The van der Waals surface area contributed by atoms with Crippen LogP contribution in [-0.2, 0) is 5.88 Å². The smallest absolute Gasteiger partial charge is 0.233 e. The molecule has 0 aliphatic heterocycles. The van der Waals surface area contributed by atoms with Gasteiger partial charge in [-0.2, -0.15) is 5.10 Å². The average Bonchev–Trinajstić information content (AvgIpc) is 2.35. The van der Waals surface area contributed by atoms with Crippen LogP contribution in [0.1, 0.15) is 19.5 Å². The molecule has 0 N–H and O–H groups in total. The first-order valence-electron chi connectivity index (χ1n) is 5.53. The highest BCUT2D eigenvalue weighted by Gasteiger charge is 2.01. The van der Waals surface area contributed by atoms with E-state index in [-0.39, 0.29) is 0 Å². The molecule has 4 nitrogen and oxygen atoms in total. The molecule has 0 aliphatic carbocycles. The first kappa shape index (κ1) is 13.2. The van der Waals surface area contributed by atoms with Crippen LogP contribution in [0.15, 0.2) is 12.1 Å². The van der Waals surface area contributed by atoms with Crippen molar-refractivity contribution in [2.75, 3.05) is 26.2 Å². The van der Waals surface area contributed by atoms with E-state index in [2.05, 4.69) is 28.9 Å². The number of halogens is 1. The average molecular weight is 244 g/mol. The monoisotopic (exact) mass is 243 g/mol. The predicted octanol–water partition coefficient (Wildman–Crippen LogP) is 1.94. The minimum Gasteiger partial charge on any atom is -0.475 e. The molecule has 0 unspecified atom stereocenters. The molecule has 1 aromatic rings. The van der Waals surface area contributed by atoms with Crippen molar-refractivity contribution in [2.24, 2.45) is 0 Å². The third-order valence-electron chi connectivity index (χ3n) is 2.38. The lowest BCUT2D eigenvalue weighted by atomic mass is 10.4. The van der Waals surface area contributed by atoms with Gasteiger partial charge in [-0.25, -0.2) is 0 Å².